The summed E-state index contributed by atoms with van der Waals surface area (Å²) in [6, 6.07) is 4.80. The summed E-state index contributed by atoms with van der Waals surface area (Å²) in [7, 11) is 0. The van der Waals surface area contributed by atoms with Crippen LogP contribution in [0.4, 0.5) is 13.2 Å². The lowest BCUT2D eigenvalue weighted by Crippen LogP contribution is -2.39. The topological polar surface area (TPSA) is 32.7 Å². The van der Waals surface area contributed by atoms with Crippen molar-refractivity contribution in [2.75, 3.05) is 26.2 Å². The first-order chi connectivity index (χ1) is 9.49. The van der Waals surface area contributed by atoms with E-state index in [4.69, 9.17) is 9.84 Å². The fourth-order valence-electron chi connectivity index (χ4n) is 2.31. The highest BCUT2D eigenvalue weighted by molar-refractivity contribution is 5.29. The molecule has 1 aromatic carbocycles. The molecule has 0 atom stereocenters. The summed E-state index contributed by atoms with van der Waals surface area (Å²) in [5, 5.41) is 8.85. The van der Waals surface area contributed by atoms with Crippen LogP contribution in [0.5, 0.6) is 5.75 Å². The number of piperidine rings is 1. The van der Waals surface area contributed by atoms with Crippen molar-refractivity contribution in [2.45, 2.75) is 25.1 Å². The van der Waals surface area contributed by atoms with Crippen LogP contribution in [0.1, 0.15) is 18.4 Å². The van der Waals surface area contributed by atoms with Crippen LogP contribution in [-0.4, -0.2) is 42.4 Å². The molecule has 1 aliphatic rings. The van der Waals surface area contributed by atoms with E-state index in [0.717, 1.165) is 38.1 Å². The number of ether oxygens (including phenoxy) is 1. The van der Waals surface area contributed by atoms with Gasteiger partial charge in [0.15, 0.2) is 0 Å². The van der Waals surface area contributed by atoms with Crippen LogP contribution in [0, 0.1) is 0 Å². The lowest BCUT2D eigenvalue weighted by atomic mass is 10.1. The van der Waals surface area contributed by atoms with Crippen LogP contribution in [0.2, 0.25) is 0 Å². The molecular weight excluding hydrogens is 271 g/mol. The highest BCUT2D eigenvalue weighted by Crippen LogP contribution is 2.30. The zero-order valence-electron chi connectivity index (χ0n) is 11.1. The van der Waals surface area contributed by atoms with E-state index in [2.05, 4.69) is 4.90 Å². The van der Waals surface area contributed by atoms with Gasteiger partial charge in [0.25, 0.3) is 0 Å². The lowest BCUT2D eigenvalue weighted by molar-refractivity contribution is -0.137. The molecule has 1 saturated heterocycles. The molecule has 0 radical (unpaired) electrons. The predicted molar refractivity (Wildman–Crippen MR) is 68.6 cm³/mol. The molecule has 0 unspecified atom stereocenters. The summed E-state index contributed by atoms with van der Waals surface area (Å²) in [5.41, 5.74) is -0.664. The predicted octanol–water partition coefficient (Wildman–Crippen LogP) is 2.54. The number of β-amino-alcohol motifs (C(OH)–C–C–N with tert-alkyl or cyclic N) is 1. The number of rotatable bonds is 4. The van der Waals surface area contributed by atoms with Crippen LogP contribution < -0.4 is 4.74 Å². The Hall–Kier alpha value is -1.27. The molecule has 0 aliphatic carbocycles. The molecule has 20 heavy (non-hydrogen) atoms. The van der Waals surface area contributed by atoms with Gasteiger partial charge >= 0.3 is 6.18 Å². The van der Waals surface area contributed by atoms with Gasteiger partial charge in [0, 0.05) is 19.6 Å². The fourth-order valence-corrected chi connectivity index (χ4v) is 2.31. The van der Waals surface area contributed by atoms with Crippen molar-refractivity contribution < 1.29 is 23.0 Å². The molecule has 0 saturated carbocycles. The number of halogens is 3. The van der Waals surface area contributed by atoms with Crippen molar-refractivity contribution in [2.24, 2.45) is 0 Å². The van der Waals surface area contributed by atoms with Gasteiger partial charge in [-0.05, 0) is 37.1 Å². The van der Waals surface area contributed by atoms with Crippen LogP contribution in [-0.2, 0) is 6.18 Å². The third-order valence-corrected chi connectivity index (χ3v) is 3.44. The molecule has 3 nitrogen and oxygen atoms in total. The SMILES string of the molecule is OCCN1CCC(Oc2ccc(C(F)(F)F)cc2)CC1. The summed E-state index contributed by atoms with van der Waals surface area (Å²) in [6.07, 6.45) is -2.64. The van der Waals surface area contributed by atoms with E-state index in [1.807, 2.05) is 0 Å². The van der Waals surface area contributed by atoms with Gasteiger partial charge in [0.1, 0.15) is 11.9 Å². The van der Waals surface area contributed by atoms with Crippen LogP contribution >= 0.6 is 0 Å². The van der Waals surface area contributed by atoms with E-state index in [-0.39, 0.29) is 12.7 Å². The van der Waals surface area contributed by atoms with E-state index >= 15 is 0 Å². The van der Waals surface area contributed by atoms with Gasteiger partial charge in [0.2, 0.25) is 0 Å². The monoisotopic (exact) mass is 289 g/mol. The average molecular weight is 289 g/mol. The second-order valence-electron chi connectivity index (χ2n) is 4.90. The third kappa shape index (κ3) is 4.11. The Balaban J connectivity index is 1.85. The highest BCUT2D eigenvalue weighted by atomic mass is 19.4. The first-order valence-corrected chi connectivity index (χ1v) is 6.66. The third-order valence-electron chi connectivity index (χ3n) is 3.44. The molecule has 1 fully saturated rings. The zero-order valence-corrected chi connectivity index (χ0v) is 11.1. The van der Waals surface area contributed by atoms with Crippen molar-refractivity contribution in [1.82, 2.24) is 4.90 Å². The van der Waals surface area contributed by atoms with Gasteiger partial charge < -0.3 is 14.7 Å². The Morgan fingerprint density at radius 3 is 2.25 bits per heavy atom. The van der Waals surface area contributed by atoms with Crippen molar-refractivity contribution >= 4 is 0 Å². The number of hydrogen-bond acceptors (Lipinski definition) is 3. The van der Waals surface area contributed by atoms with Crippen molar-refractivity contribution in [1.29, 1.82) is 0 Å². The highest BCUT2D eigenvalue weighted by Gasteiger charge is 2.30. The second kappa shape index (κ2) is 6.45. The standard InChI is InChI=1S/C14H18F3NO2/c15-14(16,17)11-1-3-12(4-2-11)20-13-5-7-18(8-6-13)9-10-19/h1-4,13,19H,5-10H2. The number of likely N-dealkylation sites (tertiary alicyclic amines) is 1. The minimum absolute atomic E-state index is 0.0293. The number of nitrogens with zero attached hydrogens (tertiary/aromatic N) is 1. The molecular formula is C14H18F3NO2. The van der Waals surface area contributed by atoms with Crippen molar-refractivity contribution in [3.63, 3.8) is 0 Å². The Bertz CT molecular complexity index is 411. The first kappa shape index (κ1) is 15.1. The molecule has 0 spiro atoms. The van der Waals surface area contributed by atoms with Gasteiger partial charge in [-0.1, -0.05) is 0 Å². The maximum absolute atomic E-state index is 12.4. The van der Waals surface area contributed by atoms with Crippen LogP contribution in [0.3, 0.4) is 0 Å². The minimum Gasteiger partial charge on any atom is -0.490 e. The molecule has 1 aromatic rings. The molecule has 0 bridgehead atoms. The molecule has 2 rings (SSSR count). The van der Waals surface area contributed by atoms with E-state index in [9.17, 15) is 13.2 Å². The average Bonchev–Trinajstić information content (AvgIpc) is 2.41. The number of aliphatic hydroxyl groups is 1. The normalized spacial score (nSPS) is 18.2. The summed E-state index contributed by atoms with van der Waals surface area (Å²) in [4.78, 5) is 2.15. The summed E-state index contributed by atoms with van der Waals surface area (Å²) >= 11 is 0. The zero-order chi connectivity index (χ0) is 14.6. The van der Waals surface area contributed by atoms with E-state index in [1.54, 1.807) is 0 Å². The van der Waals surface area contributed by atoms with Crippen molar-refractivity contribution in [3.8, 4) is 5.75 Å². The minimum atomic E-state index is -4.31. The summed E-state index contributed by atoms with van der Waals surface area (Å²) in [6.45, 7) is 2.48. The molecule has 0 aromatic heterocycles. The van der Waals surface area contributed by atoms with Gasteiger partial charge in [-0.15, -0.1) is 0 Å². The summed E-state index contributed by atoms with van der Waals surface area (Å²) < 4.78 is 43.0. The fraction of sp³-hybridized carbons (Fsp3) is 0.571. The lowest BCUT2D eigenvalue weighted by Gasteiger charge is -2.31. The Morgan fingerprint density at radius 1 is 1.15 bits per heavy atom. The van der Waals surface area contributed by atoms with Gasteiger partial charge in [-0.2, -0.15) is 13.2 Å². The Morgan fingerprint density at radius 2 is 1.75 bits per heavy atom. The van der Waals surface area contributed by atoms with Crippen LogP contribution in [0.25, 0.3) is 0 Å². The number of alkyl halides is 3. The maximum Gasteiger partial charge on any atom is 0.416 e. The Kier molecular flexibility index (Phi) is 4.88. The smallest absolute Gasteiger partial charge is 0.416 e. The first-order valence-electron chi connectivity index (χ1n) is 6.66. The number of hydrogen-bond donors (Lipinski definition) is 1. The molecule has 6 heteroatoms. The maximum atomic E-state index is 12.4. The molecule has 112 valence electrons. The van der Waals surface area contributed by atoms with E-state index in [1.165, 1.54) is 12.1 Å². The van der Waals surface area contributed by atoms with E-state index < -0.39 is 11.7 Å². The largest absolute Gasteiger partial charge is 0.490 e. The molecule has 1 aliphatic heterocycles. The van der Waals surface area contributed by atoms with Gasteiger partial charge in [-0.3, -0.25) is 0 Å². The summed E-state index contributed by atoms with van der Waals surface area (Å²) in [5.74, 6) is 0.471. The van der Waals surface area contributed by atoms with Gasteiger partial charge in [0.05, 0.1) is 12.2 Å². The van der Waals surface area contributed by atoms with Gasteiger partial charge in [-0.25, -0.2) is 0 Å². The molecule has 1 N–H and O–H groups in total. The molecule has 0 amide bonds. The Labute approximate surface area is 116 Å². The number of aliphatic hydroxyl groups excluding tert-OH is 1. The van der Waals surface area contributed by atoms with E-state index in [0.29, 0.717) is 12.3 Å². The second-order valence-corrected chi connectivity index (χ2v) is 4.90. The number of benzene rings is 1. The quantitative estimate of drug-likeness (QED) is 0.924. The van der Waals surface area contributed by atoms with Crippen molar-refractivity contribution in [3.05, 3.63) is 29.8 Å². The van der Waals surface area contributed by atoms with Crippen LogP contribution in [0.15, 0.2) is 24.3 Å². The molecule has 1 heterocycles.